The van der Waals surface area contributed by atoms with Crippen LogP contribution in [0, 0.1) is 20.8 Å². The van der Waals surface area contributed by atoms with Crippen LogP contribution in [0.4, 0.5) is 0 Å². The molecular formula is C16H22N4O2S. The van der Waals surface area contributed by atoms with Crippen molar-refractivity contribution in [2.24, 2.45) is 0 Å². The summed E-state index contributed by atoms with van der Waals surface area (Å²) in [6.07, 6.45) is 0.902. The molecule has 0 radical (unpaired) electrons. The molecule has 0 aliphatic rings. The lowest BCUT2D eigenvalue weighted by Crippen LogP contribution is -2.28. The highest BCUT2D eigenvalue weighted by Crippen LogP contribution is 2.18. The van der Waals surface area contributed by atoms with Crippen LogP contribution in [0.25, 0.3) is 0 Å². The van der Waals surface area contributed by atoms with Gasteiger partial charge in [-0.2, -0.15) is 5.10 Å². The first-order valence-electron chi connectivity index (χ1n) is 7.60. The highest BCUT2D eigenvalue weighted by molar-refractivity contribution is 7.11. The highest BCUT2D eigenvalue weighted by Gasteiger charge is 2.17. The SMILES string of the molecule is CCc1nc(C)c(CNC(=O)Cn2nc(C)c(C(C)=O)c2C)s1. The zero-order chi connectivity index (χ0) is 17.1. The summed E-state index contributed by atoms with van der Waals surface area (Å²) in [5, 5.41) is 8.26. The Balaban J connectivity index is 2.01. The van der Waals surface area contributed by atoms with Crippen LogP contribution in [0.1, 0.15) is 51.2 Å². The Morgan fingerprint density at radius 2 is 1.91 bits per heavy atom. The molecule has 0 saturated heterocycles. The third-order valence-electron chi connectivity index (χ3n) is 3.71. The summed E-state index contributed by atoms with van der Waals surface area (Å²) in [5.74, 6) is -0.157. The first-order chi connectivity index (χ1) is 10.8. The molecule has 1 amide bonds. The van der Waals surface area contributed by atoms with Gasteiger partial charge in [0, 0.05) is 10.6 Å². The van der Waals surface area contributed by atoms with Crippen LogP contribution in [0.2, 0.25) is 0 Å². The van der Waals surface area contributed by atoms with E-state index in [1.54, 1.807) is 22.9 Å². The van der Waals surface area contributed by atoms with E-state index in [1.165, 1.54) is 6.92 Å². The maximum atomic E-state index is 12.1. The number of thiazole rings is 1. The van der Waals surface area contributed by atoms with Gasteiger partial charge in [-0.3, -0.25) is 14.3 Å². The van der Waals surface area contributed by atoms with E-state index >= 15 is 0 Å². The predicted octanol–water partition coefficient (Wildman–Crippen LogP) is 2.35. The summed E-state index contributed by atoms with van der Waals surface area (Å²) in [5.41, 5.74) is 2.96. The summed E-state index contributed by atoms with van der Waals surface area (Å²) in [4.78, 5) is 29.3. The minimum Gasteiger partial charge on any atom is -0.350 e. The van der Waals surface area contributed by atoms with Gasteiger partial charge in [0.25, 0.3) is 0 Å². The minimum atomic E-state index is -0.128. The first-order valence-corrected chi connectivity index (χ1v) is 8.41. The van der Waals surface area contributed by atoms with Crippen molar-refractivity contribution in [3.05, 3.63) is 32.5 Å². The molecule has 2 aromatic heterocycles. The Morgan fingerprint density at radius 3 is 2.43 bits per heavy atom. The van der Waals surface area contributed by atoms with Crippen LogP contribution in [0.15, 0.2) is 0 Å². The molecule has 6 nitrogen and oxygen atoms in total. The van der Waals surface area contributed by atoms with Gasteiger partial charge >= 0.3 is 0 Å². The second-order valence-corrected chi connectivity index (χ2v) is 6.67. The number of hydrogen-bond acceptors (Lipinski definition) is 5. The van der Waals surface area contributed by atoms with Crippen molar-refractivity contribution in [2.75, 3.05) is 0 Å². The van der Waals surface area contributed by atoms with Gasteiger partial charge in [-0.05, 0) is 34.1 Å². The maximum absolute atomic E-state index is 12.1. The number of aromatic nitrogens is 3. The van der Waals surface area contributed by atoms with Gasteiger partial charge < -0.3 is 5.32 Å². The summed E-state index contributed by atoms with van der Waals surface area (Å²) in [6, 6.07) is 0. The second kappa shape index (κ2) is 7.04. The van der Waals surface area contributed by atoms with Gasteiger partial charge in [0.1, 0.15) is 6.54 Å². The number of ketones is 1. The van der Waals surface area contributed by atoms with E-state index in [4.69, 9.17) is 0 Å². The number of aryl methyl sites for hydroxylation is 3. The molecule has 0 aliphatic heterocycles. The molecule has 2 aromatic rings. The molecule has 0 aliphatic carbocycles. The van der Waals surface area contributed by atoms with E-state index in [9.17, 15) is 9.59 Å². The molecule has 1 N–H and O–H groups in total. The van der Waals surface area contributed by atoms with Crippen molar-refractivity contribution < 1.29 is 9.59 Å². The van der Waals surface area contributed by atoms with Gasteiger partial charge in [-0.1, -0.05) is 6.92 Å². The Bertz CT molecular complexity index is 746. The second-order valence-electron chi connectivity index (χ2n) is 5.51. The average molecular weight is 334 g/mol. The summed E-state index contributed by atoms with van der Waals surface area (Å²) in [7, 11) is 0. The standard InChI is InChI=1S/C16H22N4O2S/c1-6-15-18-9(2)13(23-15)7-17-14(22)8-20-11(4)16(12(5)21)10(3)19-20/h6-8H2,1-5H3,(H,17,22). The van der Waals surface area contributed by atoms with Crippen LogP contribution in [0.5, 0.6) is 0 Å². The van der Waals surface area contributed by atoms with E-state index in [2.05, 4.69) is 22.3 Å². The molecule has 0 spiro atoms. The molecule has 0 saturated carbocycles. The van der Waals surface area contributed by atoms with Gasteiger partial charge in [0.2, 0.25) is 5.91 Å². The maximum Gasteiger partial charge on any atom is 0.242 e. The normalized spacial score (nSPS) is 10.8. The molecule has 2 heterocycles. The van der Waals surface area contributed by atoms with Gasteiger partial charge in [0.05, 0.1) is 28.5 Å². The third-order valence-corrected chi connectivity index (χ3v) is 5.01. The Morgan fingerprint density at radius 1 is 1.22 bits per heavy atom. The topological polar surface area (TPSA) is 76.9 Å². The average Bonchev–Trinajstić information content (AvgIpc) is 2.97. The van der Waals surface area contributed by atoms with E-state index in [1.807, 2.05) is 13.8 Å². The van der Waals surface area contributed by atoms with Crippen molar-refractivity contribution in [2.45, 2.75) is 54.1 Å². The van der Waals surface area contributed by atoms with Crippen LogP contribution >= 0.6 is 11.3 Å². The Kier molecular flexibility index (Phi) is 5.30. The van der Waals surface area contributed by atoms with Gasteiger partial charge in [-0.15, -0.1) is 11.3 Å². The van der Waals surface area contributed by atoms with Gasteiger partial charge in [0.15, 0.2) is 5.78 Å². The largest absolute Gasteiger partial charge is 0.350 e. The minimum absolute atomic E-state index is 0.0287. The molecule has 0 atom stereocenters. The van der Waals surface area contributed by atoms with E-state index < -0.39 is 0 Å². The van der Waals surface area contributed by atoms with Gasteiger partial charge in [-0.25, -0.2) is 4.98 Å². The molecule has 0 bridgehead atoms. The number of carbonyl (C=O) groups is 2. The van der Waals surface area contributed by atoms with Crippen molar-refractivity contribution in [3.8, 4) is 0 Å². The fourth-order valence-corrected chi connectivity index (χ4v) is 3.48. The molecule has 23 heavy (non-hydrogen) atoms. The molecule has 0 aromatic carbocycles. The molecular weight excluding hydrogens is 312 g/mol. The summed E-state index contributed by atoms with van der Waals surface area (Å²) in [6.45, 7) is 9.71. The number of nitrogens with one attached hydrogen (secondary N) is 1. The zero-order valence-electron chi connectivity index (χ0n) is 14.2. The Labute approximate surface area is 139 Å². The fourth-order valence-electron chi connectivity index (χ4n) is 2.53. The smallest absolute Gasteiger partial charge is 0.242 e. The van der Waals surface area contributed by atoms with E-state index in [0.717, 1.165) is 27.7 Å². The van der Waals surface area contributed by atoms with Crippen LogP contribution < -0.4 is 5.32 Å². The lowest BCUT2D eigenvalue weighted by atomic mass is 10.1. The van der Waals surface area contributed by atoms with Crippen molar-refractivity contribution in [1.82, 2.24) is 20.1 Å². The molecule has 0 unspecified atom stereocenters. The monoisotopic (exact) mass is 334 g/mol. The highest BCUT2D eigenvalue weighted by atomic mass is 32.1. The number of rotatable bonds is 6. The number of nitrogens with zero attached hydrogens (tertiary/aromatic N) is 3. The van der Waals surface area contributed by atoms with Crippen LogP contribution in [0.3, 0.4) is 0 Å². The van der Waals surface area contributed by atoms with Crippen LogP contribution in [-0.4, -0.2) is 26.5 Å². The molecule has 124 valence electrons. The zero-order valence-corrected chi connectivity index (χ0v) is 15.0. The lowest BCUT2D eigenvalue weighted by molar-refractivity contribution is -0.122. The fraction of sp³-hybridized carbons (Fsp3) is 0.500. The molecule has 7 heteroatoms. The first kappa shape index (κ1) is 17.3. The number of carbonyl (C=O) groups excluding carboxylic acids is 2. The van der Waals surface area contributed by atoms with E-state index in [-0.39, 0.29) is 18.2 Å². The number of hydrogen-bond donors (Lipinski definition) is 1. The van der Waals surface area contributed by atoms with Crippen molar-refractivity contribution in [3.63, 3.8) is 0 Å². The molecule has 0 fully saturated rings. The number of Topliss-reactive ketones (excluding diaryl/α,β-unsaturated/α-hetero) is 1. The lowest BCUT2D eigenvalue weighted by Gasteiger charge is -2.06. The quantitative estimate of drug-likeness (QED) is 0.823. The predicted molar refractivity (Wildman–Crippen MR) is 89.8 cm³/mol. The van der Waals surface area contributed by atoms with Crippen molar-refractivity contribution in [1.29, 1.82) is 0 Å². The summed E-state index contributed by atoms with van der Waals surface area (Å²) < 4.78 is 1.58. The molecule has 2 rings (SSSR count). The van der Waals surface area contributed by atoms with E-state index in [0.29, 0.717) is 17.8 Å². The number of amides is 1. The third kappa shape index (κ3) is 3.85. The van der Waals surface area contributed by atoms with Crippen molar-refractivity contribution >= 4 is 23.0 Å². The van der Waals surface area contributed by atoms with Crippen LogP contribution in [-0.2, 0) is 24.3 Å². The summed E-state index contributed by atoms with van der Waals surface area (Å²) >= 11 is 1.63. The Hall–Kier alpha value is -2.02.